The third-order valence-electron chi connectivity index (χ3n) is 2.24. The molecule has 2 rings (SSSR count). The number of imidazole rings is 1. The van der Waals surface area contributed by atoms with Crippen LogP contribution < -0.4 is 4.57 Å². The van der Waals surface area contributed by atoms with Crippen molar-refractivity contribution in [1.82, 2.24) is 14.5 Å². The molecule has 0 atom stereocenters. The third kappa shape index (κ3) is 2.40. The molecule has 0 amide bonds. The molecule has 2 aromatic heterocycles. The average molecular weight is 203 g/mol. The van der Waals surface area contributed by atoms with E-state index in [4.69, 9.17) is 0 Å². The fraction of sp³-hybridized carbons (Fsp3) is 0.364. The minimum Gasteiger partial charge on any atom is -0.236 e. The SMILES string of the molecule is CCCC[n+]1ccn(-c2ncccn2)c1. The molecule has 0 aromatic carbocycles. The van der Waals surface area contributed by atoms with Gasteiger partial charge in [0.2, 0.25) is 0 Å². The van der Waals surface area contributed by atoms with Gasteiger partial charge in [0, 0.05) is 12.4 Å². The Balaban J connectivity index is 2.14. The van der Waals surface area contributed by atoms with Crippen molar-refractivity contribution in [3.8, 4) is 5.95 Å². The van der Waals surface area contributed by atoms with E-state index in [1.54, 1.807) is 12.4 Å². The van der Waals surface area contributed by atoms with Crippen LogP contribution in [0, 0.1) is 0 Å². The van der Waals surface area contributed by atoms with Crippen molar-refractivity contribution in [3.63, 3.8) is 0 Å². The molecule has 0 saturated heterocycles. The predicted octanol–water partition coefficient (Wildman–Crippen LogP) is 1.35. The Labute approximate surface area is 89.2 Å². The van der Waals surface area contributed by atoms with Gasteiger partial charge in [0.15, 0.2) is 0 Å². The first-order chi connectivity index (χ1) is 7.40. The summed E-state index contributed by atoms with van der Waals surface area (Å²) in [7, 11) is 0. The van der Waals surface area contributed by atoms with E-state index in [1.165, 1.54) is 12.8 Å². The second-order valence-electron chi connectivity index (χ2n) is 3.46. The molecule has 0 bridgehead atoms. The van der Waals surface area contributed by atoms with E-state index in [9.17, 15) is 0 Å². The summed E-state index contributed by atoms with van der Waals surface area (Å²) in [6.45, 7) is 3.24. The fourth-order valence-corrected chi connectivity index (χ4v) is 1.41. The lowest BCUT2D eigenvalue weighted by molar-refractivity contribution is -0.696. The molecule has 0 spiro atoms. The van der Waals surface area contributed by atoms with Crippen LogP contribution in [0.25, 0.3) is 5.95 Å². The number of hydrogen-bond donors (Lipinski definition) is 0. The van der Waals surface area contributed by atoms with Crippen LogP contribution in [0.1, 0.15) is 19.8 Å². The smallest absolute Gasteiger partial charge is 0.236 e. The minimum atomic E-state index is 0.716. The highest BCUT2D eigenvalue weighted by molar-refractivity contribution is 5.07. The van der Waals surface area contributed by atoms with Gasteiger partial charge in [-0.2, -0.15) is 14.5 Å². The molecule has 0 aliphatic heterocycles. The van der Waals surface area contributed by atoms with Gasteiger partial charge in [-0.1, -0.05) is 13.3 Å². The number of aryl methyl sites for hydroxylation is 1. The number of rotatable bonds is 4. The maximum Gasteiger partial charge on any atom is 0.325 e. The molecule has 2 heterocycles. The molecule has 0 aliphatic carbocycles. The van der Waals surface area contributed by atoms with Crippen molar-refractivity contribution < 1.29 is 4.57 Å². The Kier molecular flexibility index (Phi) is 3.07. The molecule has 4 heteroatoms. The Morgan fingerprint density at radius 2 is 2.13 bits per heavy atom. The lowest BCUT2D eigenvalue weighted by Crippen LogP contribution is -2.30. The predicted molar refractivity (Wildman–Crippen MR) is 56.5 cm³/mol. The van der Waals surface area contributed by atoms with Crippen LogP contribution in [0.15, 0.2) is 37.2 Å². The van der Waals surface area contributed by atoms with Gasteiger partial charge in [-0.3, -0.25) is 0 Å². The van der Waals surface area contributed by atoms with Gasteiger partial charge >= 0.3 is 5.95 Å². The topological polar surface area (TPSA) is 34.6 Å². The van der Waals surface area contributed by atoms with Crippen molar-refractivity contribution in [1.29, 1.82) is 0 Å². The second-order valence-corrected chi connectivity index (χ2v) is 3.46. The summed E-state index contributed by atoms with van der Waals surface area (Å²) in [6, 6.07) is 1.82. The molecule has 4 nitrogen and oxygen atoms in total. The van der Waals surface area contributed by atoms with Crippen LogP contribution >= 0.6 is 0 Å². The van der Waals surface area contributed by atoms with Crippen LogP contribution in [0.2, 0.25) is 0 Å². The van der Waals surface area contributed by atoms with Crippen molar-refractivity contribution in [3.05, 3.63) is 37.2 Å². The number of unbranched alkanes of at least 4 members (excludes halogenated alkanes) is 1. The Morgan fingerprint density at radius 1 is 1.33 bits per heavy atom. The molecule has 0 fully saturated rings. The first kappa shape index (κ1) is 9.83. The number of hydrogen-bond acceptors (Lipinski definition) is 2. The molecular weight excluding hydrogens is 188 g/mol. The van der Waals surface area contributed by atoms with Gasteiger partial charge in [0.25, 0.3) is 6.33 Å². The number of aromatic nitrogens is 4. The van der Waals surface area contributed by atoms with Gasteiger partial charge in [0.05, 0.1) is 6.54 Å². The van der Waals surface area contributed by atoms with Gasteiger partial charge in [-0.15, -0.1) is 0 Å². The van der Waals surface area contributed by atoms with E-state index in [0.717, 1.165) is 6.54 Å². The Morgan fingerprint density at radius 3 is 2.87 bits per heavy atom. The van der Waals surface area contributed by atoms with Crippen molar-refractivity contribution in [2.45, 2.75) is 26.3 Å². The van der Waals surface area contributed by atoms with Crippen molar-refractivity contribution in [2.24, 2.45) is 0 Å². The molecule has 2 aromatic rings. The van der Waals surface area contributed by atoms with Crippen molar-refractivity contribution in [2.75, 3.05) is 0 Å². The van der Waals surface area contributed by atoms with E-state index < -0.39 is 0 Å². The summed E-state index contributed by atoms with van der Waals surface area (Å²) >= 11 is 0. The fourth-order valence-electron chi connectivity index (χ4n) is 1.41. The first-order valence-corrected chi connectivity index (χ1v) is 5.24. The number of nitrogens with zero attached hydrogens (tertiary/aromatic N) is 4. The minimum absolute atomic E-state index is 0.716. The highest BCUT2D eigenvalue weighted by Gasteiger charge is 2.07. The van der Waals surface area contributed by atoms with E-state index in [2.05, 4.69) is 21.5 Å². The normalized spacial score (nSPS) is 10.5. The molecule has 0 saturated carbocycles. The highest BCUT2D eigenvalue weighted by Crippen LogP contribution is 1.96. The summed E-state index contributed by atoms with van der Waals surface area (Å²) in [5.74, 6) is 0.716. The van der Waals surface area contributed by atoms with Crippen molar-refractivity contribution >= 4 is 0 Å². The summed E-state index contributed by atoms with van der Waals surface area (Å²) in [5.41, 5.74) is 0. The van der Waals surface area contributed by atoms with Gasteiger partial charge in [0.1, 0.15) is 12.4 Å². The maximum absolute atomic E-state index is 4.18. The summed E-state index contributed by atoms with van der Waals surface area (Å²) in [4.78, 5) is 8.36. The lowest BCUT2D eigenvalue weighted by atomic mass is 10.3. The van der Waals surface area contributed by atoms with Crippen LogP contribution in [-0.2, 0) is 6.54 Å². The largest absolute Gasteiger partial charge is 0.325 e. The zero-order valence-corrected chi connectivity index (χ0v) is 8.87. The molecule has 0 unspecified atom stereocenters. The van der Waals surface area contributed by atoms with Crippen LogP contribution in [0.4, 0.5) is 0 Å². The molecule has 15 heavy (non-hydrogen) atoms. The Bertz CT molecular complexity index is 408. The zero-order valence-electron chi connectivity index (χ0n) is 8.87. The molecular formula is C11H15N4+. The second kappa shape index (κ2) is 4.68. The van der Waals surface area contributed by atoms with Gasteiger partial charge in [-0.25, -0.2) is 4.57 Å². The Hall–Kier alpha value is -1.71. The standard InChI is InChI=1S/C11H15N4/c1-2-3-7-14-8-9-15(10-14)11-12-5-4-6-13-11/h4-6,8-10H,2-3,7H2,1H3/q+1. The zero-order chi connectivity index (χ0) is 10.5. The monoisotopic (exact) mass is 203 g/mol. The lowest BCUT2D eigenvalue weighted by Gasteiger charge is -1.92. The molecule has 0 N–H and O–H groups in total. The van der Waals surface area contributed by atoms with Crippen LogP contribution in [-0.4, -0.2) is 14.5 Å². The van der Waals surface area contributed by atoms with E-state index >= 15 is 0 Å². The van der Waals surface area contributed by atoms with E-state index in [-0.39, 0.29) is 0 Å². The average Bonchev–Trinajstić information content (AvgIpc) is 2.76. The van der Waals surface area contributed by atoms with Crippen LogP contribution in [0.3, 0.4) is 0 Å². The highest BCUT2D eigenvalue weighted by atomic mass is 15.2. The molecule has 0 radical (unpaired) electrons. The summed E-state index contributed by atoms with van der Waals surface area (Å²) in [6.07, 6.45) is 11.9. The maximum atomic E-state index is 4.18. The molecule has 0 aliphatic rings. The summed E-state index contributed by atoms with van der Waals surface area (Å²) < 4.78 is 4.08. The molecule has 78 valence electrons. The quantitative estimate of drug-likeness (QED) is 0.703. The van der Waals surface area contributed by atoms with Crippen LogP contribution in [0.5, 0.6) is 0 Å². The van der Waals surface area contributed by atoms with E-state index in [1.807, 2.05) is 29.4 Å². The van der Waals surface area contributed by atoms with Gasteiger partial charge in [-0.05, 0) is 12.5 Å². The van der Waals surface area contributed by atoms with Gasteiger partial charge < -0.3 is 0 Å². The van der Waals surface area contributed by atoms with E-state index in [0.29, 0.717) is 5.95 Å². The summed E-state index contributed by atoms with van der Waals surface area (Å²) in [5, 5.41) is 0. The first-order valence-electron chi connectivity index (χ1n) is 5.24. The third-order valence-corrected chi connectivity index (χ3v) is 2.24.